The molecular weight excluding hydrogens is 244 g/mol. The zero-order valence-electron chi connectivity index (χ0n) is 11.2. The van der Waals surface area contributed by atoms with Gasteiger partial charge in [-0.15, -0.1) is 0 Å². The highest BCUT2D eigenvalue weighted by atomic mass is 16.1. The summed E-state index contributed by atoms with van der Waals surface area (Å²) in [5.74, 6) is 0.0861. The Kier molecular flexibility index (Phi) is 2.31. The van der Waals surface area contributed by atoms with Gasteiger partial charge in [0.2, 0.25) is 0 Å². The molecule has 0 saturated heterocycles. The number of carbonyl (C=O) groups excluding carboxylic acids is 1. The second-order valence-corrected chi connectivity index (χ2v) is 5.12. The van der Waals surface area contributed by atoms with Crippen LogP contribution in [0.15, 0.2) is 54.6 Å². The number of hydrogen-bond acceptors (Lipinski definition) is 1. The maximum Gasteiger partial charge on any atom is 0.167 e. The van der Waals surface area contributed by atoms with E-state index in [0.29, 0.717) is 0 Å². The highest BCUT2D eigenvalue weighted by Gasteiger charge is 2.13. The lowest BCUT2D eigenvalue weighted by molar-refractivity contribution is 0.103. The lowest BCUT2D eigenvalue weighted by Crippen LogP contribution is -1.99. The molecule has 20 heavy (non-hydrogen) atoms. The van der Waals surface area contributed by atoms with Crippen molar-refractivity contribution in [1.82, 2.24) is 0 Å². The van der Waals surface area contributed by atoms with Crippen molar-refractivity contribution in [2.24, 2.45) is 0 Å². The Labute approximate surface area is 117 Å². The van der Waals surface area contributed by atoms with Gasteiger partial charge >= 0.3 is 0 Å². The van der Waals surface area contributed by atoms with E-state index >= 15 is 0 Å². The summed E-state index contributed by atoms with van der Waals surface area (Å²) >= 11 is 0. The molecule has 1 radical (unpaired) electrons. The van der Waals surface area contributed by atoms with Crippen LogP contribution in [0.2, 0.25) is 0 Å². The molecule has 95 valence electrons. The summed E-state index contributed by atoms with van der Waals surface area (Å²) in [6.07, 6.45) is 1.63. The lowest BCUT2D eigenvalue weighted by atomic mass is 9.90. The molecule has 1 nitrogen and oxygen atoms in total. The SMILES string of the molecule is C[CH]C(=O)c1ccc2ccc3cccc4ccc1c2c34. The third kappa shape index (κ3) is 1.41. The third-order valence-electron chi connectivity index (χ3n) is 4.06. The average molecular weight is 257 g/mol. The molecule has 0 unspecified atom stereocenters. The van der Waals surface area contributed by atoms with Crippen LogP contribution in [0.3, 0.4) is 0 Å². The van der Waals surface area contributed by atoms with E-state index < -0.39 is 0 Å². The first kappa shape index (κ1) is 11.4. The summed E-state index contributed by atoms with van der Waals surface area (Å²) in [6.45, 7) is 1.79. The van der Waals surface area contributed by atoms with Crippen molar-refractivity contribution in [2.45, 2.75) is 6.92 Å². The third-order valence-corrected chi connectivity index (χ3v) is 4.06. The van der Waals surface area contributed by atoms with Crippen LogP contribution in [0.1, 0.15) is 17.3 Å². The van der Waals surface area contributed by atoms with Crippen LogP contribution < -0.4 is 0 Å². The maximum absolute atomic E-state index is 12.1. The monoisotopic (exact) mass is 257 g/mol. The second-order valence-electron chi connectivity index (χ2n) is 5.12. The van der Waals surface area contributed by atoms with Crippen LogP contribution in [0, 0.1) is 6.42 Å². The van der Waals surface area contributed by atoms with Gasteiger partial charge in [-0.05, 0) is 32.3 Å². The van der Waals surface area contributed by atoms with Gasteiger partial charge in [0.15, 0.2) is 5.78 Å². The summed E-state index contributed by atoms with van der Waals surface area (Å²) in [4.78, 5) is 12.1. The van der Waals surface area contributed by atoms with Gasteiger partial charge in [0, 0.05) is 12.0 Å². The van der Waals surface area contributed by atoms with E-state index in [9.17, 15) is 4.79 Å². The van der Waals surface area contributed by atoms with Crippen molar-refractivity contribution in [1.29, 1.82) is 0 Å². The quantitative estimate of drug-likeness (QED) is 0.365. The molecule has 0 aliphatic heterocycles. The smallest absolute Gasteiger partial charge is 0.167 e. The molecule has 0 amide bonds. The molecule has 4 aromatic rings. The zero-order valence-corrected chi connectivity index (χ0v) is 11.2. The molecule has 0 atom stereocenters. The Morgan fingerprint density at radius 1 is 0.800 bits per heavy atom. The van der Waals surface area contributed by atoms with Gasteiger partial charge in [0.05, 0.1) is 0 Å². The Morgan fingerprint density at radius 2 is 1.40 bits per heavy atom. The molecule has 4 aromatic carbocycles. The lowest BCUT2D eigenvalue weighted by Gasteiger charge is -2.12. The summed E-state index contributed by atoms with van der Waals surface area (Å²) in [5, 5.41) is 7.16. The Balaban J connectivity index is 2.29. The molecule has 0 saturated carbocycles. The fourth-order valence-corrected chi connectivity index (χ4v) is 3.11. The fraction of sp³-hybridized carbons (Fsp3) is 0.0526. The number of hydrogen-bond donors (Lipinski definition) is 0. The van der Waals surface area contributed by atoms with E-state index in [1.807, 2.05) is 12.1 Å². The average Bonchev–Trinajstić information content (AvgIpc) is 2.51. The van der Waals surface area contributed by atoms with Crippen LogP contribution in [0.5, 0.6) is 0 Å². The van der Waals surface area contributed by atoms with E-state index in [-0.39, 0.29) is 5.78 Å². The Morgan fingerprint density at radius 3 is 2.10 bits per heavy atom. The molecule has 0 spiro atoms. The second kappa shape index (κ2) is 4.04. The summed E-state index contributed by atoms with van der Waals surface area (Å²) in [5.41, 5.74) is 0.790. The molecular formula is C19H13O. The molecule has 0 N–H and O–H groups in total. The highest BCUT2D eigenvalue weighted by Crippen LogP contribution is 2.36. The van der Waals surface area contributed by atoms with Gasteiger partial charge in [-0.2, -0.15) is 0 Å². The minimum atomic E-state index is 0.0861. The first-order valence-electron chi connectivity index (χ1n) is 6.80. The van der Waals surface area contributed by atoms with Crippen LogP contribution in [-0.2, 0) is 0 Å². The Hall–Kier alpha value is -2.41. The van der Waals surface area contributed by atoms with Crippen LogP contribution in [0.4, 0.5) is 0 Å². The predicted molar refractivity (Wildman–Crippen MR) is 84.5 cm³/mol. The van der Waals surface area contributed by atoms with Gasteiger partial charge in [-0.3, -0.25) is 4.79 Å². The van der Waals surface area contributed by atoms with Crippen molar-refractivity contribution in [3.05, 3.63) is 66.6 Å². The number of ketones is 1. The summed E-state index contributed by atoms with van der Waals surface area (Å²) in [7, 11) is 0. The number of rotatable bonds is 2. The molecule has 1 heteroatoms. The maximum atomic E-state index is 12.1. The fourth-order valence-electron chi connectivity index (χ4n) is 3.11. The largest absolute Gasteiger partial charge is 0.294 e. The topological polar surface area (TPSA) is 17.1 Å². The zero-order chi connectivity index (χ0) is 13.7. The van der Waals surface area contributed by atoms with Crippen molar-refractivity contribution in [3.8, 4) is 0 Å². The van der Waals surface area contributed by atoms with Crippen molar-refractivity contribution in [3.63, 3.8) is 0 Å². The molecule has 0 aromatic heterocycles. The standard InChI is InChI=1S/C19H13O/c1-2-17(20)15-10-8-14-7-6-12-4-3-5-13-9-11-16(15)19(14)18(12)13/h2-11H,1H3. The molecule has 0 aliphatic rings. The van der Waals surface area contributed by atoms with Crippen molar-refractivity contribution in [2.75, 3.05) is 0 Å². The van der Waals surface area contributed by atoms with Crippen molar-refractivity contribution >= 4 is 38.1 Å². The first-order chi connectivity index (χ1) is 9.79. The first-order valence-corrected chi connectivity index (χ1v) is 6.80. The van der Waals surface area contributed by atoms with E-state index in [0.717, 1.165) is 10.9 Å². The normalized spacial score (nSPS) is 11.7. The molecule has 0 bridgehead atoms. The molecule has 0 fully saturated rings. The van der Waals surface area contributed by atoms with E-state index in [2.05, 4.69) is 42.5 Å². The molecule has 4 rings (SSSR count). The predicted octanol–water partition coefficient (Wildman–Crippen LogP) is 4.99. The minimum absolute atomic E-state index is 0.0861. The number of benzene rings is 4. The van der Waals surface area contributed by atoms with E-state index in [4.69, 9.17) is 0 Å². The molecule has 0 heterocycles. The van der Waals surface area contributed by atoms with Gasteiger partial charge in [0.1, 0.15) is 0 Å². The van der Waals surface area contributed by atoms with E-state index in [1.165, 1.54) is 26.9 Å². The van der Waals surface area contributed by atoms with Gasteiger partial charge in [0.25, 0.3) is 0 Å². The van der Waals surface area contributed by atoms with Crippen molar-refractivity contribution < 1.29 is 4.79 Å². The number of Topliss-reactive ketones (excluding diaryl/α,β-unsaturated/α-hetero) is 1. The number of carbonyl (C=O) groups is 1. The molecule has 0 aliphatic carbocycles. The van der Waals surface area contributed by atoms with Crippen LogP contribution in [-0.4, -0.2) is 5.78 Å². The summed E-state index contributed by atoms with van der Waals surface area (Å²) in [6, 6.07) is 18.8. The van der Waals surface area contributed by atoms with E-state index in [1.54, 1.807) is 13.3 Å². The van der Waals surface area contributed by atoms with Gasteiger partial charge in [-0.25, -0.2) is 0 Å². The van der Waals surface area contributed by atoms with Crippen LogP contribution >= 0.6 is 0 Å². The summed E-state index contributed by atoms with van der Waals surface area (Å²) < 4.78 is 0. The van der Waals surface area contributed by atoms with Gasteiger partial charge < -0.3 is 0 Å². The highest BCUT2D eigenvalue weighted by molar-refractivity contribution is 6.27. The minimum Gasteiger partial charge on any atom is -0.294 e. The Bertz CT molecular complexity index is 934. The van der Waals surface area contributed by atoms with Gasteiger partial charge in [-0.1, -0.05) is 61.5 Å². The van der Waals surface area contributed by atoms with Crippen LogP contribution in [0.25, 0.3) is 32.3 Å².